The van der Waals surface area contributed by atoms with Crippen molar-refractivity contribution in [3.05, 3.63) is 70.9 Å². The summed E-state index contributed by atoms with van der Waals surface area (Å²) in [5, 5.41) is 0. The third kappa shape index (κ3) is 2.96. The fraction of sp³-hybridized carbons (Fsp3) is 0.176. The van der Waals surface area contributed by atoms with Gasteiger partial charge in [-0.3, -0.25) is 4.85 Å². The first-order valence-corrected chi connectivity index (χ1v) is 6.31. The second kappa shape index (κ2) is 5.91. The Kier molecular flexibility index (Phi) is 4.03. The van der Waals surface area contributed by atoms with Gasteiger partial charge in [0, 0.05) is 0 Å². The van der Waals surface area contributed by atoms with E-state index in [9.17, 15) is 0 Å². The number of benzene rings is 2. The molecule has 2 rings (SSSR count). The molecule has 3 heteroatoms. The molecule has 2 aromatic rings. The molecular formula is C17H14N2O. The highest BCUT2D eigenvalue weighted by Crippen LogP contribution is 2.34. The summed E-state index contributed by atoms with van der Waals surface area (Å²) in [5.41, 5.74) is 1.87. The predicted octanol–water partition coefficient (Wildman–Crippen LogP) is 5.70. The van der Waals surface area contributed by atoms with Crippen LogP contribution in [0.15, 0.2) is 42.5 Å². The molecule has 0 N–H and O–H groups in total. The molecule has 0 saturated carbocycles. The zero-order valence-corrected chi connectivity index (χ0v) is 11.4. The molecule has 2 aromatic carbocycles. The Morgan fingerprint density at radius 1 is 0.900 bits per heavy atom. The van der Waals surface area contributed by atoms with Gasteiger partial charge in [0.25, 0.3) is 0 Å². The lowest BCUT2D eigenvalue weighted by atomic mass is 10.0. The van der Waals surface area contributed by atoms with Crippen LogP contribution in [0.5, 0.6) is 11.5 Å². The van der Waals surface area contributed by atoms with E-state index in [0.29, 0.717) is 23.0 Å². The second-order valence-electron chi connectivity index (χ2n) is 4.70. The van der Waals surface area contributed by atoms with Gasteiger partial charge in [0.1, 0.15) is 11.5 Å². The smallest absolute Gasteiger partial charge is 0.198 e. The van der Waals surface area contributed by atoms with Crippen LogP contribution in [0.2, 0.25) is 0 Å². The van der Waals surface area contributed by atoms with E-state index >= 15 is 0 Å². The minimum Gasteiger partial charge on any atom is -0.459 e. The zero-order valence-electron chi connectivity index (χ0n) is 11.4. The summed E-state index contributed by atoms with van der Waals surface area (Å²) in [7, 11) is 0. The van der Waals surface area contributed by atoms with Gasteiger partial charge in [-0.2, -0.15) is 0 Å². The van der Waals surface area contributed by atoms with Gasteiger partial charge < -0.3 is 4.74 Å². The number of hydrogen-bond donors (Lipinski definition) is 0. The quantitative estimate of drug-likeness (QED) is 0.648. The number of rotatable bonds is 3. The largest absolute Gasteiger partial charge is 0.459 e. The Hall–Kier alpha value is -2.78. The number of nitrogens with zero attached hydrogens (tertiary/aromatic N) is 2. The minimum atomic E-state index is 0.317. The molecule has 0 spiro atoms. The van der Waals surface area contributed by atoms with Crippen molar-refractivity contribution in [3.63, 3.8) is 0 Å². The Morgan fingerprint density at radius 2 is 1.60 bits per heavy atom. The summed E-state index contributed by atoms with van der Waals surface area (Å²) in [4.78, 5) is 6.65. The van der Waals surface area contributed by atoms with Crippen LogP contribution >= 0.6 is 0 Å². The summed E-state index contributed by atoms with van der Waals surface area (Å²) < 4.78 is 5.76. The van der Waals surface area contributed by atoms with E-state index in [0.717, 1.165) is 5.75 Å². The first-order chi connectivity index (χ1) is 9.63. The Balaban J connectivity index is 2.29. The molecule has 0 aliphatic heterocycles. The van der Waals surface area contributed by atoms with E-state index in [1.54, 1.807) is 18.2 Å². The lowest BCUT2D eigenvalue weighted by molar-refractivity contribution is 0.482. The summed E-state index contributed by atoms with van der Waals surface area (Å²) >= 11 is 0. The maximum atomic E-state index is 7.08. The van der Waals surface area contributed by atoms with Gasteiger partial charge >= 0.3 is 0 Å². The monoisotopic (exact) mass is 262 g/mol. The fourth-order valence-corrected chi connectivity index (χ4v) is 1.82. The van der Waals surface area contributed by atoms with E-state index < -0.39 is 0 Å². The molecule has 0 heterocycles. The van der Waals surface area contributed by atoms with Crippen LogP contribution in [0.25, 0.3) is 9.69 Å². The standard InChI is InChI=1S/C17H14N2O/c1-12(2)13-6-5-7-14(10-13)20-15-8-9-16(18-3)17(11-15)19-4/h5-12H,1-2H3. The van der Waals surface area contributed by atoms with E-state index in [-0.39, 0.29) is 0 Å². The maximum Gasteiger partial charge on any atom is 0.198 e. The van der Waals surface area contributed by atoms with Crippen LogP contribution in [0.3, 0.4) is 0 Å². The second-order valence-corrected chi connectivity index (χ2v) is 4.70. The van der Waals surface area contributed by atoms with Crippen molar-refractivity contribution in [1.29, 1.82) is 0 Å². The molecule has 0 atom stereocenters. The lowest BCUT2D eigenvalue weighted by Gasteiger charge is -2.10. The molecule has 0 unspecified atom stereocenters. The van der Waals surface area contributed by atoms with E-state index in [2.05, 4.69) is 29.6 Å². The molecule has 0 bridgehead atoms. The van der Waals surface area contributed by atoms with Gasteiger partial charge in [-0.15, -0.1) is 0 Å². The van der Waals surface area contributed by atoms with E-state index in [4.69, 9.17) is 17.9 Å². The zero-order chi connectivity index (χ0) is 14.5. The lowest BCUT2D eigenvalue weighted by Crippen LogP contribution is -1.89. The molecule has 0 aromatic heterocycles. The van der Waals surface area contributed by atoms with Crippen LogP contribution in [0.4, 0.5) is 11.4 Å². The Morgan fingerprint density at radius 3 is 2.25 bits per heavy atom. The summed E-state index contributed by atoms with van der Waals surface area (Å²) in [5.74, 6) is 1.74. The summed E-state index contributed by atoms with van der Waals surface area (Å²) in [6, 6.07) is 12.8. The number of hydrogen-bond acceptors (Lipinski definition) is 1. The van der Waals surface area contributed by atoms with Gasteiger partial charge in [-0.05, 0) is 35.7 Å². The highest BCUT2D eigenvalue weighted by molar-refractivity contribution is 5.72. The van der Waals surface area contributed by atoms with Crippen LogP contribution < -0.4 is 4.74 Å². The first kappa shape index (κ1) is 13.6. The Bertz CT molecular complexity index is 706. The molecule has 0 saturated heterocycles. The molecule has 0 amide bonds. The van der Waals surface area contributed by atoms with E-state index in [1.807, 2.05) is 18.2 Å². The van der Waals surface area contributed by atoms with Gasteiger partial charge in [0.2, 0.25) is 0 Å². The predicted molar refractivity (Wildman–Crippen MR) is 79.6 cm³/mol. The highest BCUT2D eigenvalue weighted by atomic mass is 16.5. The SMILES string of the molecule is [C-]#[N+]c1ccc(Oc2cccc(C(C)C)c2)cc1[N+]#[C-]. The normalized spacial score (nSPS) is 9.85. The minimum absolute atomic E-state index is 0.317. The van der Waals surface area contributed by atoms with Crippen LogP contribution in [0, 0.1) is 13.1 Å². The topological polar surface area (TPSA) is 17.9 Å². The first-order valence-electron chi connectivity index (χ1n) is 6.31. The summed E-state index contributed by atoms with van der Waals surface area (Å²) in [6.45, 7) is 18.3. The molecule has 0 aliphatic carbocycles. The van der Waals surface area contributed by atoms with Crippen LogP contribution in [-0.4, -0.2) is 0 Å². The van der Waals surface area contributed by atoms with Crippen LogP contribution in [-0.2, 0) is 0 Å². The third-order valence-electron chi connectivity index (χ3n) is 2.95. The number of ether oxygens (including phenoxy) is 1. The van der Waals surface area contributed by atoms with E-state index in [1.165, 1.54) is 5.56 Å². The maximum absolute atomic E-state index is 7.08. The Labute approximate surface area is 119 Å². The molecule has 0 aliphatic rings. The highest BCUT2D eigenvalue weighted by Gasteiger charge is 2.06. The van der Waals surface area contributed by atoms with Crippen molar-refractivity contribution in [2.24, 2.45) is 0 Å². The van der Waals surface area contributed by atoms with Crippen molar-refractivity contribution in [3.8, 4) is 11.5 Å². The summed E-state index contributed by atoms with van der Waals surface area (Å²) in [6.07, 6.45) is 0. The van der Waals surface area contributed by atoms with Crippen LogP contribution in [0.1, 0.15) is 25.3 Å². The molecule has 0 radical (unpaired) electrons. The molecular weight excluding hydrogens is 248 g/mol. The average molecular weight is 262 g/mol. The fourth-order valence-electron chi connectivity index (χ4n) is 1.82. The molecule has 98 valence electrons. The van der Waals surface area contributed by atoms with Crippen molar-refractivity contribution < 1.29 is 4.74 Å². The molecule has 20 heavy (non-hydrogen) atoms. The average Bonchev–Trinajstić information content (AvgIpc) is 2.47. The van der Waals surface area contributed by atoms with Crippen molar-refractivity contribution >= 4 is 11.4 Å². The van der Waals surface area contributed by atoms with Crippen molar-refractivity contribution in [2.75, 3.05) is 0 Å². The van der Waals surface area contributed by atoms with Crippen molar-refractivity contribution in [2.45, 2.75) is 19.8 Å². The van der Waals surface area contributed by atoms with Gasteiger partial charge in [0.05, 0.1) is 13.1 Å². The van der Waals surface area contributed by atoms with Gasteiger partial charge in [-0.25, -0.2) is 4.85 Å². The van der Waals surface area contributed by atoms with Crippen molar-refractivity contribution in [1.82, 2.24) is 0 Å². The molecule has 0 fully saturated rings. The van der Waals surface area contributed by atoms with Gasteiger partial charge in [-0.1, -0.05) is 32.0 Å². The molecule has 3 nitrogen and oxygen atoms in total. The third-order valence-corrected chi connectivity index (χ3v) is 2.95. The van der Waals surface area contributed by atoms with Gasteiger partial charge in [0.15, 0.2) is 11.4 Å².